The zero-order valence-corrected chi connectivity index (χ0v) is 14.4. The van der Waals surface area contributed by atoms with Crippen LogP contribution in [0.3, 0.4) is 0 Å². The molecule has 2 N–H and O–H groups in total. The topological polar surface area (TPSA) is 101 Å². The van der Waals surface area contributed by atoms with E-state index in [2.05, 4.69) is 15.5 Å². The Kier molecular flexibility index (Phi) is 5.25. The summed E-state index contributed by atoms with van der Waals surface area (Å²) in [5, 5.41) is 9.60. The van der Waals surface area contributed by atoms with Gasteiger partial charge in [0.15, 0.2) is 6.61 Å². The number of aromatic amines is 1. The van der Waals surface area contributed by atoms with Crippen LogP contribution in [-0.4, -0.2) is 28.7 Å². The van der Waals surface area contributed by atoms with Gasteiger partial charge in [-0.05, 0) is 30.7 Å². The molecule has 0 unspecified atom stereocenters. The molecule has 8 heteroatoms. The minimum Gasteiger partial charge on any atom is -0.455 e. The molecule has 27 heavy (non-hydrogen) atoms. The molecule has 0 radical (unpaired) electrons. The van der Waals surface area contributed by atoms with Crippen molar-refractivity contribution in [3.8, 4) is 0 Å². The normalized spacial score (nSPS) is 10.6. The second kappa shape index (κ2) is 7.77. The van der Waals surface area contributed by atoms with E-state index in [1.165, 1.54) is 12.1 Å². The lowest BCUT2D eigenvalue weighted by atomic mass is 10.1. The quantitative estimate of drug-likeness (QED) is 0.671. The fraction of sp³-hybridized carbons (Fsp3) is 0.158. The fourth-order valence-corrected chi connectivity index (χ4v) is 2.51. The van der Waals surface area contributed by atoms with Gasteiger partial charge in [0.2, 0.25) is 0 Å². The highest BCUT2D eigenvalue weighted by atomic mass is 19.1. The molecule has 0 saturated carbocycles. The van der Waals surface area contributed by atoms with E-state index in [1.807, 2.05) is 0 Å². The number of fused-ring (bicyclic) bond motifs is 1. The van der Waals surface area contributed by atoms with Gasteiger partial charge in [-0.25, -0.2) is 9.49 Å². The molecule has 7 nitrogen and oxygen atoms in total. The van der Waals surface area contributed by atoms with E-state index >= 15 is 0 Å². The van der Waals surface area contributed by atoms with Gasteiger partial charge < -0.3 is 10.1 Å². The van der Waals surface area contributed by atoms with Crippen LogP contribution in [0.15, 0.2) is 47.3 Å². The Hall–Kier alpha value is -3.55. The number of benzene rings is 2. The minimum absolute atomic E-state index is 0.205. The Morgan fingerprint density at radius 2 is 1.93 bits per heavy atom. The van der Waals surface area contributed by atoms with E-state index in [1.54, 1.807) is 37.3 Å². The summed E-state index contributed by atoms with van der Waals surface area (Å²) < 4.78 is 18.4. The molecule has 3 aromatic rings. The number of esters is 1. The number of nitrogens with one attached hydrogen (secondary N) is 2. The Balaban J connectivity index is 1.60. The van der Waals surface area contributed by atoms with Crippen LogP contribution in [0.2, 0.25) is 0 Å². The number of aromatic nitrogens is 2. The second-order valence-electron chi connectivity index (χ2n) is 5.89. The number of anilines is 1. The first-order valence-corrected chi connectivity index (χ1v) is 8.12. The van der Waals surface area contributed by atoms with Gasteiger partial charge in [-0.15, -0.1) is 0 Å². The maximum atomic E-state index is 13.5. The summed E-state index contributed by atoms with van der Waals surface area (Å²) >= 11 is 0. The van der Waals surface area contributed by atoms with Crippen molar-refractivity contribution in [2.75, 3.05) is 11.9 Å². The summed E-state index contributed by atoms with van der Waals surface area (Å²) in [5.41, 5.74) is 0.719. The van der Waals surface area contributed by atoms with Gasteiger partial charge in [-0.3, -0.25) is 14.4 Å². The zero-order valence-electron chi connectivity index (χ0n) is 14.4. The van der Waals surface area contributed by atoms with E-state index in [-0.39, 0.29) is 17.7 Å². The predicted molar refractivity (Wildman–Crippen MR) is 96.8 cm³/mol. The molecule has 0 aliphatic heterocycles. The average Bonchev–Trinajstić information content (AvgIpc) is 2.66. The Bertz CT molecular complexity index is 1080. The van der Waals surface area contributed by atoms with Crippen LogP contribution in [0.4, 0.5) is 10.1 Å². The third kappa shape index (κ3) is 4.35. The highest BCUT2D eigenvalue weighted by molar-refractivity contribution is 5.93. The highest BCUT2D eigenvalue weighted by Crippen LogP contribution is 2.14. The predicted octanol–water partition coefficient (Wildman–Crippen LogP) is 2.10. The van der Waals surface area contributed by atoms with Gasteiger partial charge in [0.05, 0.1) is 17.5 Å². The third-order valence-electron chi connectivity index (χ3n) is 3.91. The number of carbonyl (C=O) groups is 2. The number of hydrogen-bond acceptors (Lipinski definition) is 5. The Morgan fingerprint density at radius 3 is 2.67 bits per heavy atom. The lowest BCUT2D eigenvalue weighted by Crippen LogP contribution is -2.22. The van der Waals surface area contributed by atoms with Crippen LogP contribution in [-0.2, 0) is 20.7 Å². The van der Waals surface area contributed by atoms with Crippen molar-refractivity contribution in [3.63, 3.8) is 0 Å². The molecule has 3 rings (SSSR count). The number of amides is 1. The molecule has 1 heterocycles. The van der Waals surface area contributed by atoms with Gasteiger partial charge in [0.25, 0.3) is 11.5 Å². The molecule has 2 aromatic carbocycles. The molecule has 0 aliphatic carbocycles. The number of rotatable bonds is 5. The molecule has 0 spiro atoms. The lowest BCUT2D eigenvalue weighted by Gasteiger charge is -2.08. The number of hydrogen-bond donors (Lipinski definition) is 2. The first kappa shape index (κ1) is 18.2. The van der Waals surface area contributed by atoms with Crippen molar-refractivity contribution >= 4 is 28.3 Å². The fourth-order valence-electron chi connectivity index (χ4n) is 2.51. The van der Waals surface area contributed by atoms with Crippen molar-refractivity contribution in [1.29, 1.82) is 0 Å². The molecular weight excluding hydrogens is 353 g/mol. The van der Waals surface area contributed by atoms with Crippen molar-refractivity contribution in [2.45, 2.75) is 13.3 Å². The molecule has 1 aromatic heterocycles. The Labute approximate surface area is 153 Å². The largest absolute Gasteiger partial charge is 0.455 e. The molecule has 0 bridgehead atoms. The maximum absolute atomic E-state index is 13.5. The number of aryl methyl sites for hydroxylation is 1. The van der Waals surface area contributed by atoms with Gasteiger partial charge in [-0.2, -0.15) is 5.10 Å². The summed E-state index contributed by atoms with van der Waals surface area (Å²) in [6.07, 6.45) is -0.205. The smallest absolute Gasteiger partial charge is 0.312 e. The van der Waals surface area contributed by atoms with Gasteiger partial charge in [0, 0.05) is 11.1 Å². The highest BCUT2D eigenvalue weighted by Gasteiger charge is 2.13. The summed E-state index contributed by atoms with van der Waals surface area (Å²) in [5.74, 6) is -1.71. The Morgan fingerprint density at radius 1 is 1.19 bits per heavy atom. The van der Waals surface area contributed by atoms with Crippen molar-refractivity contribution in [2.24, 2.45) is 0 Å². The average molecular weight is 369 g/mol. The van der Waals surface area contributed by atoms with E-state index < -0.39 is 24.3 Å². The summed E-state index contributed by atoms with van der Waals surface area (Å²) in [7, 11) is 0. The standard InChI is InChI=1S/C19H16FN3O4/c1-11-6-7-12(8-15(11)20)21-17(24)10-27-18(25)9-16-13-4-2-3-5-14(13)19(26)23-22-16/h2-8H,9-10H2,1H3,(H,21,24)(H,23,26). The van der Waals surface area contributed by atoms with Crippen molar-refractivity contribution < 1.29 is 18.7 Å². The third-order valence-corrected chi connectivity index (χ3v) is 3.91. The zero-order chi connectivity index (χ0) is 19.4. The molecule has 0 fully saturated rings. The van der Waals surface area contributed by atoms with Crippen LogP contribution in [0.1, 0.15) is 11.3 Å². The summed E-state index contributed by atoms with van der Waals surface area (Å²) in [6, 6.07) is 11.0. The molecule has 0 atom stereocenters. The molecule has 138 valence electrons. The van der Waals surface area contributed by atoms with Crippen LogP contribution < -0.4 is 10.9 Å². The van der Waals surface area contributed by atoms with Crippen LogP contribution in [0.25, 0.3) is 10.8 Å². The van der Waals surface area contributed by atoms with Crippen LogP contribution >= 0.6 is 0 Å². The number of halogens is 1. The van der Waals surface area contributed by atoms with E-state index in [4.69, 9.17) is 4.74 Å². The van der Waals surface area contributed by atoms with Crippen LogP contribution in [0.5, 0.6) is 0 Å². The van der Waals surface area contributed by atoms with Crippen molar-refractivity contribution in [1.82, 2.24) is 10.2 Å². The lowest BCUT2D eigenvalue weighted by molar-refractivity contribution is -0.146. The van der Waals surface area contributed by atoms with Gasteiger partial charge in [0.1, 0.15) is 5.82 Å². The van der Waals surface area contributed by atoms with Crippen LogP contribution in [0, 0.1) is 12.7 Å². The van der Waals surface area contributed by atoms with Crippen molar-refractivity contribution in [3.05, 3.63) is 69.9 Å². The first-order valence-electron chi connectivity index (χ1n) is 8.12. The summed E-state index contributed by atoms with van der Waals surface area (Å²) in [4.78, 5) is 35.6. The van der Waals surface area contributed by atoms with Gasteiger partial charge in [-0.1, -0.05) is 24.3 Å². The molecular formula is C19H16FN3O4. The van der Waals surface area contributed by atoms with Gasteiger partial charge >= 0.3 is 5.97 Å². The number of nitrogens with zero attached hydrogens (tertiary/aromatic N) is 1. The number of carbonyl (C=O) groups excluding carboxylic acids is 2. The van der Waals surface area contributed by atoms with E-state index in [0.717, 1.165) is 0 Å². The molecule has 0 aliphatic rings. The summed E-state index contributed by atoms with van der Waals surface area (Å²) in [6.45, 7) is 1.09. The second-order valence-corrected chi connectivity index (χ2v) is 5.89. The monoisotopic (exact) mass is 369 g/mol. The van der Waals surface area contributed by atoms with E-state index in [0.29, 0.717) is 22.0 Å². The van der Waals surface area contributed by atoms with E-state index in [9.17, 15) is 18.8 Å². The number of ether oxygens (including phenoxy) is 1. The maximum Gasteiger partial charge on any atom is 0.312 e. The first-order chi connectivity index (χ1) is 12.9. The number of H-pyrrole nitrogens is 1. The SMILES string of the molecule is Cc1ccc(NC(=O)COC(=O)Cc2n[nH]c(=O)c3ccccc23)cc1F. The minimum atomic E-state index is -0.676. The molecule has 1 amide bonds. The molecule has 0 saturated heterocycles.